The van der Waals surface area contributed by atoms with E-state index in [0.29, 0.717) is 12.4 Å². The minimum Gasteiger partial charge on any atom is -0.491 e. The average Bonchev–Trinajstić information content (AvgIpc) is 2.34. The lowest BCUT2D eigenvalue weighted by molar-refractivity contribution is 0.275. The van der Waals surface area contributed by atoms with Gasteiger partial charge in [0.1, 0.15) is 18.4 Å². The molecule has 86 valence electrons. The smallest absolute Gasteiger partial charge is 0.130 e. The van der Waals surface area contributed by atoms with Crippen molar-refractivity contribution in [3.05, 3.63) is 29.8 Å². The molecule has 0 aliphatic heterocycles. The fourth-order valence-corrected chi connectivity index (χ4v) is 1.30. The Bertz CT molecular complexity index is 360. The van der Waals surface area contributed by atoms with Crippen LogP contribution >= 0.6 is 0 Å². The molecule has 0 saturated carbocycles. The number of aliphatic hydroxyl groups is 1. The lowest BCUT2D eigenvalue weighted by atomic mass is 10.2. The molecule has 1 atom stereocenters. The van der Waals surface area contributed by atoms with Crippen LogP contribution < -0.4 is 10.1 Å². The van der Waals surface area contributed by atoms with E-state index >= 15 is 0 Å². The van der Waals surface area contributed by atoms with Gasteiger partial charge in [0.15, 0.2) is 0 Å². The Kier molecular flexibility index (Phi) is 5.34. The molecule has 0 radical (unpaired) electrons. The summed E-state index contributed by atoms with van der Waals surface area (Å²) in [5.74, 6) is 0.671. The van der Waals surface area contributed by atoms with Gasteiger partial charge in [-0.3, -0.25) is 5.32 Å². The Hall–Kier alpha value is -1.57. The summed E-state index contributed by atoms with van der Waals surface area (Å²) in [5.41, 5.74) is 0.800. The van der Waals surface area contributed by atoms with Gasteiger partial charge in [0.2, 0.25) is 0 Å². The Balaban J connectivity index is 2.50. The number of nitriles is 1. The van der Waals surface area contributed by atoms with Gasteiger partial charge in [0.25, 0.3) is 0 Å². The summed E-state index contributed by atoms with van der Waals surface area (Å²) in [6, 6.07) is 9.02. The number of nitrogens with one attached hydrogen (secondary N) is 1. The van der Waals surface area contributed by atoms with Crippen LogP contribution in [0.25, 0.3) is 0 Å². The molecule has 0 spiro atoms. The van der Waals surface area contributed by atoms with E-state index in [1.807, 2.05) is 19.1 Å². The van der Waals surface area contributed by atoms with E-state index < -0.39 is 0 Å². The van der Waals surface area contributed by atoms with Crippen molar-refractivity contribution in [2.24, 2.45) is 0 Å². The number of aliphatic hydroxyl groups excluding tert-OH is 1. The second kappa shape index (κ2) is 6.83. The zero-order chi connectivity index (χ0) is 11.8. The maximum absolute atomic E-state index is 8.95. The molecular weight excluding hydrogens is 204 g/mol. The summed E-state index contributed by atoms with van der Waals surface area (Å²) in [4.78, 5) is 0. The number of benzene rings is 1. The maximum atomic E-state index is 8.95. The van der Waals surface area contributed by atoms with Crippen molar-refractivity contribution in [1.29, 1.82) is 5.26 Å². The SMILES string of the molecule is CCNC(C#N)COc1cccc(CO)c1. The molecule has 1 unspecified atom stereocenters. The molecule has 4 nitrogen and oxygen atoms in total. The van der Waals surface area contributed by atoms with Gasteiger partial charge in [-0.2, -0.15) is 5.26 Å². The summed E-state index contributed by atoms with van der Waals surface area (Å²) in [6.07, 6.45) is 0. The summed E-state index contributed by atoms with van der Waals surface area (Å²) >= 11 is 0. The third kappa shape index (κ3) is 3.89. The van der Waals surface area contributed by atoms with Gasteiger partial charge in [-0.25, -0.2) is 0 Å². The highest BCUT2D eigenvalue weighted by molar-refractivity contribution is 5.28. The first-order valence-corrected chi connectivity index (χ1v) is 5.25. The fourth-order valence-electron chi connectivity index (χ4n) is 1.30. The highest BCUT2D eigenvalue weighted by Gasteiger charge is 2.06. The Morgan fingerprint density at radius 3 is 3.00 bits per heavy atom. The van der Waals surface area contributed by atoms with Crippen LogP contribution in [0.5, 0.6) is 5.75 Å². The third-order valence-corrected chi connectivity index (χ3v) is 2.10. The van der Waals surface area contributed by atoms with Gasteiger partial charge < -0.3 is 9.84 Å². The van der Waals surface area contributed by atoms with E-state index in [2.05, 4.69) is 11.4 Å². The molecule has 0 aromatic heterocycles. The Morgan fingerprint density at radius 1 is 1.56 bits per heavy atom. The normalized spacial score (nSPS) is 11.8. The number of hydrogen-bond donors (Lipinski definition) is 2. The first-order valence-electron chi connectivity index (χ1n) is 5.25. The molecule has 1 aromatic carbocycles. The minimum atomic E-state index is -0.303. The van der Waals surface area contributed by atoms with E-state index in [-0.39, 0.29) is 12.6 Å². The van der Waals surface area contributed by atoms with Crippen LogP contribution in [0.15, 0.2) is 24.3 Å². The molecule has 0 fully saturated rings. The molecular formula is C12H16N2O2. The van der Waals surface area contributed by atoms with Crippen molar-refractivity contribution in [2.45, 2.75) is 19.6 Å². The van der Waals surface area contributed by atoms with Crippen molar-refractivity contribution < 1.29 is 9.84 Å². The summed E-state index contributed by atoms with van der Waals surface area (Å²) in [7, 11) is 0. The van der Waals surface area contributed by atoms with E-state index in [1.165, 1.54) is 0 Å². The Labute approximate surface area is 95.5 Å². The quantitative estimate of drug-likeness (QED) is 0.752. The van der Waals surface area contributed by atoms with Crippen LogP contribution in [0.3, 0.4) is 0 Å². The lowest BCUT2D eigenvalue weighted by Gasteiger charge is -2.11. The Morgan fingerprint density at radius 2 is 2.38 bits per heavy atom. The second-order valence-corrected chi connectivity index (χ2v) is 3.36. The van der Waals surface area contributed by atoms with Crippen molar-refractivity contribution in [2.75, 3.05) is 13.2 Å². The zero-order valence-electron chi connectivity index (χ0n) is 9.31. The molecule has 0 bridgehead atoms. The van der Waals surface area contributed by atoms with Crippen LogP contribution in [0.1, 0.15) is 12.5 Å². The molecule has 16 heavy (non-hydrogen) atoms. The molecule has 1 rings (SSSR count). The number of hydrogen-bond acceptors (Lipinski definition) is 4. The summed E-state index contributed by atoms with van der Waals surface area (Å²) in [5, 5.41) is 20.7. The van der Waals surface area contributed by atoms with E-state index in [4.69, 9.17) is 15.1 Å². The van der Waals surface area contributed by atoms with Gasteiger partial charge >= 0.3 is 0 Å². The molecule has 1 aromatic rings. The van der Waals surface area contributed by atoms with Crippen molar-refractivity contribution in [1.82, 2.24) is 5.32 Å². The van der Waals surface area contributed by atoms with Gasteiger partial charge in [0, 0.05) is 0 Å². The molecule has 0 aliphatic rings. The highest BCUT2D eigenvalue weighted by atomic mass is 16.5. The summed E-state index contributed by atoms with van der Waals surface area (Å²) < 4.78 is 5.46. The van der Waals surface area contributed by atoms with Crippen LogP contribution in [0, 0.1) is 11.3 Å². The second-order valence-electron chi connectivity index (χ2n) is 3.36. The highest BCUT2D eigenvalue weighted by Crippen LogP contribution is 2.13. The lowest BCUT2D eigenvalue weighted by Crippen LogP contribution is -2.32. The topological polar surface area (TPSA) is 65.3 Å². The van der Waals surface area contributed by atoms with Crippen molar-refractivity contribution in [3.63, 3.8) is 0 Å². The van der Waals surface area contributed by atoms with Crippen LogP contribution in [0.4, 0.5) is 0 Å². The number of ether oxygens (including phenoxy) is 1. The van der Waals surface area contributed by atoms with Gasteiger partial charge in [0.05, 0.1) is 12.7 Å². The zero-order valence-corrected chi connectivity index (χ0v) is 9.31. The van der Waals surface area contributed by atoms with Crippen LogP contribution in [-0.2, 0) is 6.61 Å². The standard InChI is InChI=1S/C12H16N2O2/c1-2-14-11(7-13)9-16-12-5-3-4-10(6-12)8-15/h3-6,11,14-15H,2,8-9H2,1H3. The first kappa shape index (κ1) is 12.5. The van der Waals surface area contributed by atoms with E-state index in [1.54, 1.807) is 12.1 Å². The average molecular weight is 220 g/mol. The van der Waals surface area contributed by atoms with Gasteiger partial charge in [-0.05, 0) is 24.2 Å². The van der Waals surface area contributed by atoms with E-state index in [0.717, 1.165) is 12.1 Å². The molecule has 4 heteroatoms. The van der Waals surface area contributed by atoms with Crippen molar-refractivity contribution >= 4 is 0 Å². The largest absolute Gasteiger partial charge is 0.491 e. The molecule has 0 amide bonds. The first-order chi connectivity index (χ1) is 7.80. The monoisotopic (exact) mass is 220 g/mol. The predicted molar refractivity (Wildman–Crippen MR) is 60.9 cm³/mol. The van der Waals surface area contributed by atoms with Crippen LogP contribution in [0.2, 0.25) is 0 Å². The van der Waals surface area contributed by atoms with Crippen molar-refractivity contribution in [3.8, 4) is 11.8 Å². The number of likely N-dealkylation sites (N-methyl/N-ethyl adjacent to an activating group) is 1. The molecule has 0 aliphatic carbocycles. The van der Waals surface area contributed by atoms with E-state index in [9.17, 15) is 0 Å². The third-order valence-electron chi connectivity index (χ3n) is 2.10. The summed E-state index contributed by atoms with van der Waals surface area (Å²) in [6.45, 7) is 2.97. The molecule has 0 heterocycles. The maximum Gasteiger partial charge on any atom is 0.130 e. The number of nitrogens with zero attached hydrogens (tertiary/aromatic N) is 1. The molecule has 0 saturated heterocycles. The molecule has 2 N–H and O–H groups in total. The fraction of sp³-hybridized carbons (Fsp3) is 0.417. The minimum absolute atomic E-state index is 0.00785. The predicted octanol–water partition coefficient (Wildman–Crippen LogP) is 1.06. The van der Waals surface area contributed by atoms with Crippen LogP contribution in [-0.4, -0.2) is 24.3 Å². The van der Waals surface area contributed by atoms with Gasteiger partial charge in [-0.15, -0.1) is 0 Å². The van der Waals surface area contributed by atoms with Gasteiger partial charge in [-0.1, -0.05) is 19.1 Å². The number of rotatable bonds is 6.